The summed E-state index contributed by atoms with van der Waals surface area (Å²) in [6.45, 7) is 3.25. The minimum atomic E-state index is -0.669. The zero-order valence-electron chi connectivity index (χ0n) is 18.4. The molecule has 9 nitrogen and oxygen atoms in total. The van der Waals surface area contributed by atoms with E-state index in [0.29, 0.717) is 33.7 Å². The summed E-state index contributed by atoms with van der Waals surface area (Å²) in [4.78, 5) is 41.6. The molecule has 3 amide bonds. The van der Waals surface area contributed by atoms with Crippen molar-refractivity contribution in [2.75, 3.05) is 10.6 Å². The maximum Gasteiger partial charge on any atom is 0.274 e. The normalized spacial score (nSPS) is 10.8. The van der Waals surface area contributed by atoms with E-state index in [-0.39, 0.29) is 17.8 Å². The highest BCUT2D eigenvalue weighted by atomic mass is 19.1. The fourth-order valence-electron chi connectivity index (χ4n) is 3.61. The number of carbonyl (C=O) groups is 3. The summed E-state index contributed by atoms with van der Waals surface area (Å²) in [6, 6.07) is 13.8. The Bertz CT molecular complexity index is 1450. The first kappa shape index (κ1) is 22.6. The third-order valence-electron chi connectivity index (χ3n) is 5.24. The van der Waals surface area contributed by atoms with Gasteiger partial charge in [0.1, 0.15) is 18.1 Å². The molecule has 34 heavy (non-hydrogen) atoms. The number of benzene rings is 2. The second-order valence-electron chi connectivity index (χ2n) is 7.65. The van der Waals surface area contributed by atoms with E-state index in [4.69, 9.17) is 5.73 Å². The van der Waals surface area contributed by atoms with Gasteiger partial charge in [0.25, 0.3) is 5.91 Å². The van der Waals surface area contributed by atoms with Crippen LogP contribution in [-0.2, 0) is 11.3 Å². The Morgan fingerprint density at radius 3 is 2.53 bits per heavy atom. The highest BCUT2D eigenvalue weighted by molar-refractivity contribution is 6.10. The van der Waals surface area contributed by atoms with Gasteiger partial charge in [-0.2, -0.15) is 5.10 Å². The van der Waals surface area contributed by atoms with Gasteiger partial charge in [-0.05, 0) is 44.2 Å². The molecule has 0 spiro atoms. The monoisotopic (exact) mass is 460 g/mol. The summed E-state index contributed by atoms with van der Waals surface area (Å²) in [6.07, 6.45) is 0. The SMILES string of the molecule is Cc1nn(CC(=O)Nc2cccc(F)c2)c(C)c1NC(=O)c1cc(C(N)=O)c2ccccc2n1. The van der Waals surface area contributed by atoms with E-state index in [9.17, 15) is 18.8 Å². The molecule has 0 bridgehead atoms. The molecule has 2 aromatic carbocycles. The number of hydrogen-bond acceptors (Lipinski definition) is 5. The number of aryl methyl sites for hydroxylation is 1. The van der Waals surface area contributed by atoms with Crippen molar-refractivity contribution in [1.29, 1.82) is 0 Å². The number of nitrogens with zero attached hydrogens (tertiary/aromatic N) is 3. The van der Waals surface area contributed by atoms with Gasteiger partial charge >= 0.3 is 0 Å². The van der Waals surface area contributed by atoms with Crippen molar-refractivity contribution in [2.24, 2.45) is 5.73 Å². The van der Waals surface area contributed by atoms with Gasteiger partial charge in [-0.15, -0.1) is 0 Å². The van der Waals surface area contributed by atoms with E-state index in [0.717, 1.165) is 0 Å². The maximum absolute atomic E-state index is 13.3. The Morgan fingerprint density at radius 2 is 1.79 bits per heavy atom. The van der Waals surface area contributed by atoms with Crippen LogP contribution in [0.2, 0.25) is 0 Å². The second-order valence-corrected chi connectivity index (χ2v) is 7.65. The predicted molar refractivity (Wildman–Crippen MR) is 125 cm³/mol. The van der Waals surface area contributed by atoms with Crippen LogP contribution in [0.4, 0.5) is 15.8 Å². The number of amides is 3. The number of primary amides is 1. The summed E-state index contributed by atoms with van der Waals surface area (Å²) in [5, 5.41) is 10.2. The summed E-state index contributed by atoms with van der Waals surface area (Å²) in [7, 11) is 0. The molecule has 0 aliphatic rings. The Morgan fingerprint density at radius 1 is 1.03 bits per heavy atom. The second kappa shape index (κ2) is 9.10. The molecule has 4 rings (SSSR count). The lowest BCUT2D eigenvalue weighted by atomic mass is 10.1. The molecule has 0 saturated heterocycles. The lowest BCUT2D eigenvalue weighted by Crippen LogP contribution is -2.21. The highest BCUT2D eigenvalue weighted by Gasteiger charge is 2.20. The van der Waals surface area contributed by atoms with E-state index in [1.54, 1.807) is 44.2 Å². The number of halogens is 1. The minimum Gasteiger partial charge on any atom is -0.366 e. The van der Waals surface area contributed by atoms with Crippen LogP contribution in [0.5, 0.6) is 0 Å². The summed E-state index contributed by atoms with van der Waals surface area (Å²) in [5.74, 6) is -2.09. The molecule has 0 radical (unpaired) electrons. The van der Waals surface area contributed by atoms with Crippen molar-refractivity contribution in [1.82, 2.24) is 14.8 Å². The number of carbonyl (C=O) groups excluding carboxylic acids is 3. The number of rotatable bonds is 6. The number of hydrogen-bond donors (Lipinski definition) is 3. The topological polar surface area (TPSA) is 132 Å². The van der Waals surface area contributed by atoms with Gasteiger partial charge in [0.15, 0.2) is 0 Å². The first-order valence-corrected chi connectivity index (χ1v) is 10.3. The zero-order chi connectivity index (χ0) is 24.4. The van der Waals surface area contributed by atoms with Crippen LogP contribution in [0.3, 0.4) is 0 Å². The van der Waals surface area contributed by atoms with Crippen molar-refractivity contribution in [3.63, 3.8) is 0 Å². The predicted octanol–water partition coefficient (Wildman–Crippen LogP) is 3.18. The number of para-hydroxylation sites is 1. The Kier molecular flexibility index (Phi) is 6.05. The average molecular weight is 460 g/mol. The van der Waals surface area contributed by atoms with Crippen LogP contribution >= 0.6 is 0 Å². The van der Waals surface area contributed by atoms with Crippen molar-refractivity contribution in [2.45, 2.75) is 20.4 Å². The van der Waals surface area contributed by atoms with Gasteiger partial charge in [-0.3, -0.25) is 19.1 Å². The summed E-state index contributed by atoms with van der Waals surface area (Å²) < 4.78 is 14.8. The number of nitrogens with one attached hydrogen (secondary N) is 2. The number of pyridine rings is 1. The van der Waals surface area contributed by atoms with E-state index in [1.807, 2.05) is 0 Å². The van der Waals surface area contributed by atoms with E-state index >= 15 is 0 Å². The van der Waals surface area contributed by atoms with Crippen molar-refractivity contribution in [3.8, 4) is 0 Å². The molecule has 0 unspecified atom stereocenters. The van der Waals surface area contributed by atoms with Crippen molar-refractivity contribution in [3.05, 3.63) is 83.1 Å². The Labute approximate surface area is 193 Å². The Hall–Kier alpha value is -4.60. The van der Waals surface area contributed by atoms with Crippen LogP contribution in [-0.4, -0.2) is 32.5 Å². The molecule has 4 aromatic rings. The van der Waals surface area contributed by atoms with Gasteiger partial charge in [-0.25, -0.2) is 9.37 Å². The van der Waals surface area contributed by atoms with Gasteiger partial charge in [0.2, 0.25) is 11.8 Å². The molecule has 0 aliphatic carbocycles. The molecule has 2 aromatic heterocycles. The van der Waals surface area contributed by atoms with Crippen LogP contribution in [0.15, 0.2) is 54.6 Å². The molecule has 2 heterocycles. The third-order valence-corrected chi connectivity index (χ3v) is 5.24. The van der Waals surface area contributed by atoms with Crippen molar-refractivity contribution < 1.29 is 18.8 Å². The number of fused-ring (bicyclic) bond motifs is 1. The van der Waals surface area contributed by atoms with E-state index in [2.05, 4.69) is 20.7 Å². The van der Waals surface area contributed by atoms with Crippen LogP contribution in [0.1, 0.15) is 32.2 Å². The lowest BCUT2D eigenvalue weighted by molar-refractivity contribution is -0.116. The quantitative estimate of drug-likeness (QED) is 0.407. The molecule has 0 fully saturated rings. The standard InChI is InChI=1S/C24H21FN6O3/c1-13-22(14(2)31(30-13)12-21(32)27-16-7-5-6-15(25)10-16)29-24(34)20-11-18(23(26)33)17-8-3-4-9-19(17)28-20/h3-11H,12H2,1-2H3,(H2,26,33)(H,27,32)(H,29,34). The smallest absolute Gasteiger partial charge is 0.274 e. The first-order chi connectivity index (χ1) is 16.2. The average Bonchev–Trinajstić information content (AvgIpc) is 3.05. The summed E-state index contributed by atoms with van der Waals surface area (Å²) >= 11 is 0. The van der Waals surface area contributed by atoms with Crippen LogP contribution < -0.4 is 16.4 Å². The molecule has 0 aliphatic heterocycles. The van der Waals surface area contributed by atoms with Gasteiger partial charge in [0, 0.05) is 11.1 Å². The van der Waals surface area contributed by atoms with Crippen LogP contribution in [0.25, 0.3) is 10.9 Å². The molecule has 0 atom stereocenters. The highest BCUT2D eigenvalue weighted by Crippen LogP contribution is 2.22. The van der Waals surface area contributed by atoms with E-state index in [1.165, 1.54) is 28.9 Å². The molecular formula is C24H21FN6O3. The van der Waals surface area contributed by atoms with Gasteiger partial charge in [-0.1, -0.05) is 24.3 Å². The number of nitrogens with two attached hydrogens (primary N) is 1. The zero-order valence-corrected chi connectivity index (χ0v) is 18.4. The molecule has 0 saturated carbocycles. The molecule has 172 valence electrons. The summed E-state index contributed by atoms with van der Waals surface area (Å²) in [5.41, 5.74) is 7.93. The number of aromatic nitrogens is 3. The molecular weight excluding hydrogens is 439 g/mol. The third kappa shape index (κ3) is 4.60. The first-order valence-electron chi connectivity index (χ1n) is 10.3. The fourth-order valence-corrected chi connectivity index (χ4v) is 3.61. The maximum atomic E-state index is 13.3. The van der Waals surface area contributed by atoms with Crippen LogP contribution in [0, 0.1) is 19.7 Å². The number of anilines is 2. The van der Waals surface area contributed by atoms with E-state index < -0.39 is 23.5 Å². The minimum absolute atomic E-state index is 0.0166. The largest absolute Gasteiger partial charge is 0.366 e. The fraction of sp³-hybridized carbons (Fsp3) is 0.125. The lowest BCUT2D eigenvalue weighted by Gasteiger charge is -2.09. The van der Waals surface area contributed by atoms with Gasteiger partial charge < -0.3 is 16.4 Å². The molecule has 4 N–H and O–H groups in total. The van der Waals surface area contributed by atoms with Gasteiger partial charge in [0.05, 0.1) is 28.2 Å². The molecule has 10 heteroatoms. The van der Waals surface area contributed by atoms with Crippen molar-refractivity contribution >= 4 is 40.0 Å². The Balaban J connectivity index is 1.55.